The highest BCUT2D eigenvalue weighted by Gasteiger charge is 2.28. The van der Waals surface area contributed by atoms with Crippen LogP contribution >= 0.6 is 0 Å². The molecule has 2 saturated carbocycles. The Bertz CT molecular complexity index is 489. The molecule has 0 aromatic rings. The molecular weight excluding hydrogens is 366 g/mol. The van der Waals surface area contributed by atoms with Gasteiger partial charge in [0.1, 0.15) is 5.78 Å². The van der Waals surface area contributed by atoms with Crippen LogP contribution in [0.25, 0.3) is 0 Å². The van der Waals surface area contributed by atoms with Gasteiger partial charge in [-0.05, 0) is 77.0 Å². The third-order valence-electron chi connectivity index (χ3n) is 6.52. The third-order valence-corrected chi connectivity index (χ3v) is 6.52. The number of rotatable bonds is 11. The zero-order valence-corrected chi connectivity index (χ0v) is 19.1. The second-order valence-electron chi connectivity index (χ2n) is 9.77. The Morgan fingerprint density at radius 2 is 1.45 bits per heavy atom. The van der Waals surface area contributed by atoms with Crippen LogP contribution in [0, 0.1) is 23.7 Å². The van der Waals surface area contributed by atoms with Crippen LogP contribution in [0.5, 0.6) is 0 Å². The molecule has 1 N–H and O–H groups in total. The van der Waals surface area contributed by atoms with Crippen molar-refractivity contribution in [3.05, 3.63) is 0 Å². The topological polar surface area (TPSA) is 64.6 Å². The number of ether oxygens (including phenoxy) is 2. The smallest absolute Gasteiger partial charge is 0.222 e. The van der Waals surface area contributed by atoms with Crippen molar-refractivity contribution in [2.75, 3.05) is 19.8 Å². The van der Waals surface area contributed by atoms with Crippen molar-refractivity contribution in [1.82, 2.24) is 5.32 Å². The Morgan fingerprint density at radius 3 is 2.00 bits per heavy atom. The maximum absolute atomic E-state index is 12.2. The fraction of sp³-hybridized carbons (Fsp3) is 0.917. The van der Waals surface area contributed by atoms with Gasteiger partial charge in [-0.25, -0.2) is 0 Å². The molecule has 5 heteroatoms. The number of nitrogens with one attached hydrogen (secondary N) is 1. The summed E-state index contributed by atoms with van der Waals surface area (Å²) in [5, 5.41) is 3.13. The van der Waals surface area contributed by atoms with E-state index < -0.39 is 0 Å². The van der Waals surface area contributed by atoms with E-state index >= 15 is 0 Å². The Hall–Kier alpha value is -0.940. The van der Waals surface area contributed by atoms with E-state index in [2.05, 4.69) is 19.2 Å². The third kappa shape index (κ3) is 9.17. The maximum atomic E-state index is 12.2. The lowest BCUT2D eigenvalue weighted by molar-refractivity contribution is -0.127. The summed E-state index contributed by atoms with van der Waals surface area (Å²) in [4.78, 5) is 24.3. The average molecular weight is 410 g/mol. The van der Waals surface area contributed by atoms with E-state index in [1.165, 1.54) is 25.7 Å². The van der Waals surface area contributed by atoms with Crippen LogP contribution < -0.4 is 5.32 Å². The molecular formula is C24H43NO4. The maximum Gasteiger partial charge on any atom is 0.222 e. The molecule has 0 aromatic heterocycles. The Kier molecular flexibility index (Phi) is 10.6. The summed E-state index contributed by atoms with van der Waals surface area (Å²) >= 11 is 0. The van der Waals surface area contributed by atoms with E-state index in [0.717, 1.165) is 38.9 Å². The Morgan fingerprint density at radius 1 is 0.862 bits per heavy atom. The molecule has 2 fully saturated rings. The molecule has 168 valence electrons. The van der Waals surface area contributed by atoms with Gasteiger partial charge in [0.25, 0.3) is 0 Å². The highest BCUT2D eigenvalue weighted by Crippen LogP contribution is 2.29. The summed E-state index contributed by atoms with van der Waals surface area (Å²) in [7, 11) is 0. The number of Topliss-reactive ketones (excluding diaryl/α,β-unsaturated/α-hetero) is 1. The van der Waals surface area contributed by atoms with Crippen LogP contribution in [0.15, 0.2) is 0 Å². The van der Waals surface area contributed by atoms with Crippen molar-refractivity contribution < 1.29 is 19.1 Å². The zero-order valence-electron chi connectivity index (χ0n) is 19.1. The standard InChI is InChI=1S/C24H43NO4/c1-17(2)24(27)21-9-11-22(12-10-21)25-23(26)13-14-28-15-19-5-7-20(8-6-19)16-29-18(3)4/h17-22H,5-16H2,1-4H3,(H,25,26)/t19-,20-,21-,22+. The summed E-state index contributed by atoms with van der Waals surface area (Å²) in [5.41, 5.74) is 0. The van der Waals surface area contributed by atoms with Gasteiger partial charge in [0, 0.05) is 37.5 Å². The lowest BCUT2D eigenvalue weighted by atomic mass is 9.80. The molecule has 1 amide bonds. The van der Waals surface area contributed by atoms with Gasteiger partial charge in [0.05, 0.1) is 12.7 Å². The summed E-state index contributed by atoms with van der Waals surface area (Å²) < 4.78 is 11.5. The molecule has 0 aromatic carbocycles. The van der Waals surface area contributed by atoms with Crippen LogP contribution in [0.1, 0.15) is 85.5 Å². The minimum Gasteiger partial charge on any atom is -0.381 e. The zero-order chi connectivity index (χ0) is 21.2. The molecule has 2 rings (SSSR count). The Labute approximate surface area is 177 Å². The van der Waals surface area contributed by atoms with Gasteiger partial charge < -0.3 is 14.8 Å². The van der Waals surface area contributed by atoms with E-state index in [-0.39, 0.29) is 23.8 Å². The van der Waals surface area contributed by atoms with Crippen LogP contribution in [-0.2, 0) is 19.1 Å². The van der Waals surface area contributed by atoms with Crippen molar-refractivity contribution in [2.45, 2.75) is 97.6 Å². The van der Waals surface area contributed by atoms with Crippen molar-refractivity contribution in [3.63, 3.8) is 0 Å². The molecule has 0 radical (unpaired) electrons. The van der Waals surface area contributed by atoms with Crippen LogP contribution in [-0.4, -0.2) is 43.7 Å². The molecule has 5 nitrogen and oxygen atoms in total. The molecule has 0 aliphatic heterocycles. The van der Waals surface area contributed by atoms with Gasteiger partial charge in [-0.1, -0.05) is 13.8 Å². The highest BCUT2D eigenvalue weighted by molar-refractivity contribution is 5.83. The number of ketones is 1. The number of amides is 1. The van der Waals surface area contributed by atoms with E-state index in [4.69, 9.17) is 9.47 Å². The SMILES string of the molecule is CC(C)OC[C@H]1CC[C@H](COCCC(=O)N[C@H]2CC[C@@H](C(=O)C(C)C)CC2)CC1. The second kappa shape index (κ2) is 12.7. The van der Waals surface area contributed by atoms with E-state index in [1.54, 1.807) is 0 Å². The van der Waals surface area contributed by atoms with Gasteiger partial charge in [-0.2, -0.15) is 0 Å². The monoisotopic (exact) mass is 409 g/mol. The van der Waals surface area contributed by atoms with Crippen LogP contribution in [0.3, 0.4) is 0 Å². The van der Waals surface area contributed by atoms with Crippen molar-refractivity contribution in [1.29, 1.82) is 0 Å². The van der Waals surface area contributed by atoms with Gasteiger partial charge >= 0.3 is 0 Å². The highest BCUT2D eigenvalue weighted by atomic mass is 16.5. The first-order chi connectivity index (χ1) is 13.8. The van der Waals surface area contributed by atoms with E-state index in [9.17, 15) is 9.59 Å². The normalized spacial score (nSPS) is 27.9. The van der Waals surface area contributed by atoms with Crippen LogP contribution in [0.4, 0.5) is 0 Å². The quantitative estimate of drug-likeness (QED) is 0.509. The second-order valence-corrected chi connectivity index (χ2v) is 9.77. The molecule has 0 atom stereocenters. The van der Waals surface area contributed by atoms with Crippen molar-refractivity contribution in [3.8, 4) is 0 Å². The van der Waals surface area contributed by atoms with Gasteiger partial charge in [0.2, 0.25) is 5.91 Å². The predicted molar refractivity (Wildman–Crippen MR) is 116 cm³/mol. The number of carbonyl (C=O) groups is 2. The summed E-state index contributed by atoms with van der Waals surface area (Å²) in [6.45, 7) is 10.3. The fourth-order valence-electron chi connectivity index (χ4n) is 4.60. The molecule has 2 aliphatic carbocycles. The fourth-order valence-corrected chi connectivity index (χ4v) is 4.60. The summed E-state index contributed by atoms with van der Waals surface area (Å²) in [6.07, 6.45) is 9.26. The molecule has 0 bridgehead atoms. The van der Waals surface area contributed by atoms with Gasteiger partial charge in [-0.3, -0.25) is 9.59 Å². The van der Waals surface area contributed by atoms with Crippen molar-refractivity contribution in [2.24, 2.45) is 23.7 Å². The molecule has 0 spiro atoms. The van der Waals surface area contributed by atoms with Gasteiger partial charge in [0.15, 0.2) is 0 Å². The first-order valence-corrected chi connectivity index (χ1v) is 11.9. The van der Waals surface area contributed by atoms with E-state index in [0.29, 0.717) is 36.8 Å². The lowest BCUT2D eigenvalue weighted by Gasteiger charge is -2.29. The molecule has 2 aliphatic rings. The molecule has 0 saturated heterocycles. The van der Waals surface area contributed by atoms with Gasteiger partial charge in [-0.15, -0.1) is 0 Å². The summed E-state index contributed by atoms with van der Waals surface area (Å²) in [5.74, 6) is 2.10. The Balaban J connectivity index is 1.50. The number of hydrogen-bond acceptors (Lipinski definition) is 4. The average Bonchev–Trinajstić information content (AvgIpc) is 2.70. The van der Waals surface area contributed by atoms with E-state index in [1.807, 2.05) is 13.8 Å². The summed E-state index contributed by atoms with van der Waals surface area (Å²) in [6, 6.07) is 0.224. The minimum atomic E-state index is 0.0816. The van der Waals surface area contributed by atoms with Crippen molar-refractivity contribution >= 4 is 11.7 Å². The first kappa shape index (κ1) is 24.3. The molecule has 29 heavy (non-hydrogen) atoms. The number of hydrogen-bond donors (Lipinski definition) is 1. The minimum absolute atomic E-state index is 0.0816. The molecule has 0 unspecified atom stereocenters. The van der Waals surface area contributed by atoms with Crippen LogP contribution in [0.2, 0.25) is 0 Å². The largest absolute Gasteiger partial charge is 0.381 e. The first-order valence-electron chi connectivity index (χ1n) is 11.9. The number of carbonyl (C=O) groups excluding carboxylic acids is 2. The molecule has 0 heterocycles. The lowest BCUT2D eigenvalue weighted by Crippen LogP contribution is -2.39. The predicted octanol–water partition coefficient (Wildman–Crippen LogP) is 4.52.